The number of nitrogens with zero attached hydrogens (tertiary/aromatic N) is 2. The number of rotatable bonds is 7. The summed E-state index contributed by atoms with van der Waals surface area (Å²) in [7, 11) is 0. The van der Waals surface area contributed by atoms with Crippen molar-refractivity contribution in [3.05, 3.63) is 89.1 Å². The molecular weight excluding hydrogens is 395 g/mol. The van der Waals surface area contributed by atoms with Gasteiger partial charge in [-0.25, -0.2) is 4.39 Å². The molecule has 31 heavy (non-hydrogen) atoms. The molecule has 0 atom stereocenters. The van der Waals surface area contributed by atoms with Crippen molar-refractivity contribution >= 4 is 5.91 Å². The molecule has 0 N–H and O–H groups in total. The maximum atomic E-state index is 13.9. The molecule has 1 saturated heterocycles. The molecule has 1 aliphatic heterocycles. The Labute approximate surface area is 182 Å². The van der Waals surface area contributed by atoms with Gasteiger partial charge in [-0.15, -0.1) is 0 Å². The number of hydrogen-bond donors (Lipinski definition) is 0. The summed E-state index contributed by atoms with van der Waals surface area (Å²) >= 11 is 0. The van der Waals surface area contributed by atoms with E-state index < -0.39 is 0 Å². The van der Waals surface area contributed by atoms with Crippen LogP contribution in [0.2, 0.25) is 0 Å². The molecule has 3 aromatic rings. The molecular formula is C25H27FN2O3. The number of hydrogen-bond acceptors (Lipinski definition) is 4. The number of aryl methyl sites for hydroxylation is 1. The van der Waals surface area contributed by atoms with E-state index in [-0.39, 0.29) is 18.3 Å². The van der Waals surface area contributed by atoms with Crippen molar-refractivity contribution in [1.29, 1.82) is 0 Å². The van der Waals surface area contributed by atoms with Crippen LogP contribution in [0.3, 0.4) is 0 Å². The summed E-state index contributed by atoms with van der Waals surface area (Å²) in [5.74, 6) is 1.40. The van der Waals surface area contributed by atoms with Gasteiger partial charge in [-0.3, -0.25) is 9.69 Å². The van der Waals surface area contributed by atoms with Crippen molar-refractivity contribution in [3.63, 3.8) is 0 Å². The molecule has 0 bridgehead atoms. The van der Waals surface area contributed by atoms with Gasteiger partial charge < -0.3 is 14.1 Å². The fourth-order valence-corrected chi connectivity index (χ4v) is 3.68. The lowest BCUT2D eigenvalue weighted by Crippen LogP contribution is -2.48. The van der Waals surface area contributed by atoms with Crippen molar-refractivity contribution in [1.82, 2.24) is 9.80 Å². The zero-order valence-corrected chi connectivity index (χ0v) is 17.7. The first-order chi connectivity index (χ1) is 15.1. The lowest BCUT2D eigenvalue weighted by molar-refractivity contribution is 0.0592. The number of piperazine rings is 1. The van der Waals surface area contributed by atoms with Gasteiger partial charge in [0.25, 0.3) is 5.91 Å². The second kappa shape index (κ2) is 9.79. The summed E-state index contributed by atoms with van der Waals surface area (Å²) in [5, 5.41) is 0. The van der Waals surface area contributed by atoms with E-state index in [1.54, 1.807) is 29.2 Å². The van der Waals surface area contributed by atoms with Gasteiger partial charge in [0, 0.05) is 38.3 Å². The van der Waals surface area contributed by atoms with Crippen LogP contribution in [0.25, 0.3) is 0 Å². The van der Waals surface area contributed by atoms with E-state index in [0.29, 0.717) is 49.8 Å². The number of carbonyl (C=O) groups excluding carboxylic acids is 1. The molecule has 0 saturated carbocycles. The molecule has 1 aliphatic rings. The molecule has 2 heterocycles. The Morgan fingerprint density at radius 1 is 1.00 bits per heavy atom. The van der Waals surface area contributed by atoms with Crippen LogP contribution in [-0.2, 0) is 19.6 Å². The largest absolute Gasteiger partial charge is 0.486 e. The number of carbonyl (C=O) groups is 1. The third kappa shape index (κ3) is 5.33. The van der Waals surface area contributed by atoms with E-state index in [1.165, 1.54) is 11.6 Å². The summed E-state index contributed by atoms with van der Waals surface area (Å²) in [6, 6.07) is 18.3. The first kappa shape index (κ1) is 21.1. The van der Waals surface area contributed by atoms with Gasteiger partial charge in [-0.2, -0.15) is 0 Å². The Kier molecular flexibility index (Phi) is 6.67. The van der Waals surface area contributed by atoms with Gasteiger partial charge in [0.1, 0.15) is 23.9 Å². The monoisotopic (exact) mass is 422 g/mol. The molecule has 162 valence electrons. The highest BCUT2D eigenvalue weighted by Gasteiger charge is 2.24. The van der Waals surface area contributed by atoms with Crippen molar-refractivity contribution < 1.29 is 18.3 Å². The number of halogens is 1. The second-order valence-corrected chi connectivity index (χ2v) is 7.71. The van der Waals surface area contributed by atoms with Gasteiger partial charge in [0.05, 0.1) is 0 Å². The highest BCUT2D eigenvalue weighted by atomic mass is 19.1. The number of benzene rings is 2. The van der Waals surface area contributed by atoms with Crippen LogP contribution in [0.4, 0.5) is 4.39 Å². The minimum Gasteiger partial charge on any atom is -0.486 e. The minimum atomic E-state index is -0.187. The first-order valence-corrected chi connectivity index (χ1v) is 10.7. The minimum absolute atomic E-state index is 0.121. The molecule has 5 nitrogen and oxygen atoms in total. The van der Waals surface area contributed by atoms with Gasteiger partial charge in [-0.05, 0) is 42.3 Å². The highest BCUT2D eigenvalue weighted by Crippen LogP contribution is 2.18. The van der Waals surface area contributed by atoms with Crippen molar-refractivity contribution in [3.8, 4) is 5.75 Å². The molecule has 0 aliphatic carbocycles. The molecule has 4 rings (SSSR count). The molecule has 6 heteroatoms. The molecule has 1 aromatic heterocycles. The van der Waals surface area contributed by atoms with Crippen LogP contribution < -0.4 is 4.74 Å². The van der Waals surface area contributed by atoms with Crippen molar-refractivity contribution in [2.75, 3.05) is 26.2 Å². The van der Waals surface area contributed by atoms with E-state index in [4.69, 9.17) is 9.15 Å². The number of amides is 1. The van der Waals surface area contributed by atoms with E-state index >= 15 is 0 Å². The summed E-state index contributed by atoms with van der Waals surface area (Å²) < 4.78 is 25.3. The maximum Gasteiger partial charge on any atom is 0.289 e. The Morgan fingerprint density at radius 3 is 2.45 bits per heavy atom. The molecule has 0 unspecified atom stereocenters. The Morgan fingerprint density at radius 2 is 1.74 bits per heavy atom. The Bertz CT molecular complexity index is 1010. The van der Waals surface area contributed by atoms with Gasteiger partial charge >= 0.3 is 0 Å². The summed E-state index contributed by atoms with van der Waals surface area (Å²) in [5.41, 5.74) is 1.94. The average Bonchev–Trinajstić information content (AvgIpc) is 3.29. The summed E-state index contributed by atoms with van der Waals surface area (Å²) in [6.07, 6.45) is 0.987. The molecule has 0 radical (unpaired) electrons. The van der Waals surface area contributed by atoms with E-state index in [2.05, 4.69) is 11.8 Å². The number of ether oxygens (including phenoxy) is 1. The zero-order valence-electron chi connectivity index (χ0n) is 17.7. The SMILES string of the molecule is CCc1ccc(OCc2ccc(C(=O)N3CCN(Cc4ccccc4F)CC3)o2)cc1. The fraction of sp³-hybridized carbons (Fsp3) is 0.320. The van der Waals surface area contributed by atoms with Crippen molar-refractivity contribution in [2.24, 2.45) is 0 Å². The summed E-state index contributed by atoms with van der Waals surface area (Å²) in [6.45, 7) is 5.51. The van der Waals surface area contributed by atoms with Crippen LogP contribution in [-0.4, -0.2) is 41.9 Å². The Hall–Kier alpha value is -3.12. The normalized spacial score (nSPS) is 14.6. The molecule has 1 fully saturated rings. The Balaban J connectivity index is 1.27. The third-order valence-corrected chi connectivity index (χ3v) is 5.60. The second-order valence-electron chi connectivity index (χ2n) is 7.71. The van der Waals surface area contributed by atoms with Crippen LogP contribution in [0.5, 0.6) is 5.75 Å². The molecule has 0 spiro atoms. The van der Waals surface area contributed by atoms with Crippen LogP contribution >= 0.6 is 0 Å². The lowest BCUT2D eigenvalue weighted by atomic mass is 10.2. The zero-order chi connectivity index (χ0) is 21.6. The van der Waals surface area contributed by atoms with Gasteiger partial charge in [0.15, 0.2) is 5.76 Å². The maximum absolute atomic E-state index is 13.9. The molecule has 1 amide bonds. The average molecular weight is 423 g/mol. The van der Waals surface area contributed by atoms with Crippen molar-refractivity contribution in [2.45, 2.75) is 26.5 Å². The predicted octanol–water partition coefficient (Wildman–Crippen LogP) is 4.52. The first-order valence-electron chi connectivity index (χ1n) is 10.7. The predicted molar refractivity (Wildman–Crippen MR) is 116 cm³/mol. The topological polar surface area (TPSA) is 45.9 Å². The van der Waals surface area contributed by atoms with Crippen LogP contribution in [0.15, 0.2) is 65.1 Å². The lowest BCUT2D eigenvalue weighted by Gasteiger charge is -2.34. The number of furan rings is 1. The quantitative estimate of drug-likeness (QED) is 0.562. The van der Waals surface area contributed by atoms with E-state index in [1.807, 2.05) is 30.3 Å². The van der Waals surface area contributed by atoms with Gasteiger partial charge in [-0.1, -0.05) is 37.3 Å². The highest BCUT2D eigenvalue weighted by molar-refractivity contribution is 5.91. The van der Waals surface area contributed by atoms with E-state index in [0.717, 1.165) is 12.2 Å². The molecule has 2 aromatic carbocycles. The fourth-order valence-electron chi connectivity index (χ4n) is 3.68. The van der Waals surface area contributed by atoms with E-state index in [9.17, 15) is 9.18 Å². The smallest absolute Gasteiger partial charge is 0.289 e. The van der Waals surface area contributed by atoms with Gasteiger partial charge in [0.2, 0.25) is 0 Å². The standard InChI is InChI=1S/C25H27FN2O3/c1-2-19-7-9-21(10-8-19)30-18-22-11-12-24(31-22)25(29)28-15-13-27(14-16-28)17-20-5-3-4-6-23(20)26/h3-12H,2,13-18H2,1H3. The third-order valence-electron chi connectivity index (χ3n) is 5.60. The van der Waals surface area contributed by atoms with Crippen LogP contribution in [0.1, 0.15) is 34.4 Å². The van der Waals surface area contributed by atoms with Crippen LogP contribution in [0, 0.1) is 5.82 Å². The summed E-state index contributed by atoms with van der Waals surface area (Å²) in [4.78, 5) is 16.7.